The molecule has 2 aromatic heterocycles. The predicted octanol–water partition coefficient (Wildman–Crippen LogP) is 6.46. The summed E-state index contributed by atoms with van der Waals surface area (Å²) in [4.78, 5) is 26.6. The normalized spacial score (nSPS) is 23.6. The number of fused-ring (bicyclic) bond motifs is 3. The number of nitrogen functional groups attached to an aromatic ring is 1. The van der Waals surface area contributed by atoms with Crippen molar-refractivity contribution in [1.29, 1.82) is 5.26 Å². The molecule has 5 heterocycles. The minimum absolute atomic E-state index is 0.0280. The molecule has 2 amide bonds. The van der Waals surface area contributed by atoms with Crippen molar-refractivity contribution in [3.05, 3.63) is 41.0 Å². The number of likely N-dealkylation sites (tertiary alicyclic amines) is 1. The number of carbonyl (C=O) groups excluding carboxylic acids is 1. The number of nitrogens with zero attached hydrogens (tertiary/aromatic N) is 6. The van der Waals surface area contributed by atoms with Crippen LogP contribution < -0.4 is 20.7 Å². The Morgan fingerprint density at radius 1 is 1.27 bits per heavy atom. The van der Waals surface area contributed by atoms with Crippen LogP contribution in [-0.2, 0) is 6.18 Å². The number of anilines is 2. The van der Waals surface area contributed by atoms with Gasteiger partial charge in [-0.1, -0.05) is 6.07 Å². The second kappa shape index (κ2) is 12.6. The first-order valence-corrected chi connectivity index (χ1v) is 17.3. The second-order valence-corrected chi connectivity index (χ2v) is 14.5. The van der Waals surface area contributed by atoms with Crippen LogP contribution in [0.2, 0.25) is 0 Å². The Hall–Kier alpha value is -4.56. The number of urea groups is 1. The zero-order chi connectivity index (χ0) is 36.6. The molecule has 10 nitrogen and oxygen atoms in total. The molecule has 270 valence electrons. The average molecular weight is 733 g/mol. The largest absolute Gasteiger partial charge is 0.461 e. The lowest BCUT2D eigenvalue weighted by atomic mass is 9.92. The lowest BCUT2D eigenvalue weighted by Crippen LogP contribution is -2.46. The molecular formula is C34H34F6N8O2S. The summed E-state index contributed by atoms with van der Waals surface area (Å²) in [5, 5.41) is 11.8. The van der Waals surface area contributed by atoms with Gasteiger partial charge in [-0.25, -0.2) is 18.0 Å². The number of likely N-dealkylation sites (N-methyl/N-ethyl adjacent to an activating group) is 1. The number of amides is 2. The maximum absolute atomic E-state index is 17.1. The highest BCUT2D eigenvalue weighted by atomic mass is 32.1. The minimum Gasteiger partial charge on any atom is -0.461 e. The van der Waals surface area contributed by atoms with Crippen molar-refractivity contribution < 1.29 is 35.9 Å². The van der Waals surface area contributed by atoms with E-state index in [4.69, 9.17) is 10.5 Å². The smallest absolute Gasteiger partial charge is 0.417 e. The Balaban J connectivity index is 1.45. The summed E-state index contributed by atoms with van der Waals surface area (Å²) >= 11 is 0.675. The molecule has 4 aromatic rings. The Morgan fingerprint density at radius 2 is 2.04 bits per heavy atom. The van der Waals surface area contributed by atoms with Crippen LogP contribution in [-0.4, -0.2) is 89.9 Å². The summed E-state index contributed by atoms with van der Waals surface area (Å²) in [5.41, 5.74) is 1.83. The number of hydrogen-bond donors (Lipinski definition) is 2. The highest BCUT2D eigenvalue weighted by molar-refractivity contribution is 7.23. The number of thiophene rings is 1. The molecule has 17 heteroatoms. The molecule has 0 saturated carbocycles. The van der Waals surface area contributed by atoms with Crippen LogP contribution in [0.5, 0.6) is 6.01 Å². The SMILES string of the molecule is CNC(=O)N1CCC(N(C)c2nc(OCC34CCCN3CC(F)C4)nc3c(F)c(-c4ccc(F)c5sc(N)c(C#N)c45)c(C(F)(F)F)cc23)C1C. The third kappa shape index (κ3) is 5.63. The number of ether oxygens (including phenoxy) is 1. The molecule has 4 unspecified atom stereocenters. The monoisotopic (exact) mass is 732 g/mol. The van der Waals surface area contributed by atoms with Crippen LogP contribution in [0.1, 0.15) is 43.7 Å². The number of nitrogens with one attached hydrogen (secondary N) is 1. The number of rotatable bonds is 6. The van der Waals surface area contributed by atoms with Gasteiger partial charge >= 0.3 is 18.2 Å². The fraction of sp³-hybridized carbons (Fsp3) is 0.471. The Morgan fingerprint density at radius 3 is 2.75 bits per heavy atom. The van der Waals surface area contributed by atoms with E-state index in [9.17, 15) is 18.8 Å². The molecule has 3 fully saturated rings. The van der Waals surface area contributed by atoms with Crippen molar-refractivity contribution in [3.63, 3.8) is 0 Å². The number of benzene rings is 2. The molecule has 4 atom stereocenters. The summed E-state index contributed by atoms with van der Waals surface area (Å²) in [7, 11) is 3.09. The van der Waals surface area contributed by atoms with Crippen molar-refractivity contribution in [1.82, 2.24) is 25.1 Å². The third-order valence-corrected chi connectivity index (χ3v) is 11.7. The van der Waals surface area contributed by atoms with Crippen molar-refractivity contribution in [2.24, 2.45) is 0 Å². The number of nitriles is 1. The van der Waals surface area contributed by atoms with Gasteiger partial charge in [-0.2, -0.15) is 28.4 Å². The zero-order valence-corrected chi connectivity index (χ0v) is 28.7. The second-order valence-electron chi connectivity index (χ2n) is 13.4. The summed E-state index contributed by atoms with van der Waals surface area (Å²) in [6.45, 7) is 3.05. The van der Waals surface area contributed by atoms with E-state index in [2.05, 4.69) is 15.3 Å². The Kier molecular flexibility index (Phi) is 8.61. The zero-order valence-electron chi connectivity index (χ0n) is 27.9. The number of hydrogen-bond acceptors (Lipinski definition) is 9. The highest BCUT2D eigenvalue weighted by Crippen LogP contribution is 2.48. The van der Waals surface area contributed by atoms with Gasteiger partial charge in [-0.15, -0.1) is 11.3 Å². The lowest BCUT2D eigenvalue weighted by molar-refractivity contribution is -0.137. The van der Waals surface area contributed by atoms with Crippen molar-refractivity contribution in [2.75, 3.05) is 51.0 Å². The van der Waals surface area contributed by atoms with Crippen LogP contribution in [0.25, 0.3) is 32.1 Å². The highest BCUT2D eigenvalue weighted by Gasteiger charge is 2.49. The van der Waals surface area contributed by atoms with Gasteiger partial charge in [0.1, 0.15) is 41.0 Å². The standard InChI is InChI=1S/C34H34F6N8O2S/c1-16-23(7-10-48(16)32(49)43-2)46(3)30-19-11-21(34(38,39)40)25(18-5-6-22(36)28-24(18)20(13-41)29(42)51-28)26(37)27(19)44-31(45-30)50-15-33-8-4-9-47(33)14-17(35)12-33/h5-6,11,16-17,23H,4,7-10,12,14-15,42H2,1-3H3,(H,43,49). The molecule has 0 spiro atoms. The van der Waals surface area contributed by atoms with E-state index in [1.807, 2.05) is 11.0 Å². The number of alkyl halides is 4. The van der Waals surface area contributed by atoms with Gasteiger partial charge in [0.2, 0.25) is 0 Å². The van der Waals surface area contributed by atoms with Gasteiger partial charge < -0.3 is 25.6 Å². The van der Waals surface area contributed by atoms with E-state index in [0.717, 1.165) is 24.6 Å². The number of halogens is 6. The maximum Gasteiger partial charge on any atom is 0.417 e. The molecule has 3 aliphatic rings. The van der Waals surface area contributed by atoms with Gasteiger partial charge in [0, 0.05) is 49.9 Å². The quantitative estimate of drug-likeness (QED) is 0.217. The molecule has 0 aliphatic carbocycles. The molecule has 2 aromatic carbocycles. The average Bonchev–Trinajstić information content (AvgIpc) is 3.83. The number of carbonyl (C=O) groups is 1. The fourth-order valence-corrected chi connectivity index (χ4v) is 9.15. The summed E-state index contributed by atoms with van der Waals surface area (Å²) in [6.07, 6.45) is -4.05. The van der Waals surface area contributed by atoms with E-state index < -0.39 is 58.2 Å². The van der Waals surface area contributed by atoms with E-state index >= 15 is 17.6 Å². The molecule has 7 rings (SSSR count). The first kappa shape index (κ1) is 34.9. The van der Waals surface area contributed by atoms with Gasteiger partial charge in [0.15, 0.2) is 5.82 Å². The van der Waals surface area contributed by atoms with Gasteiger partial charge in [0.05, 0.1) is 33.4 Å². The molecule has 0 bridgehead atoms. The summed E-state index contributed by atoms with van der Waals surface area (Å²) in [5.74, 6) is -2.29. The van der Waals surface area contributed by atoms with E-state index in [1.165, 1.54) is 7.05 Å². The first-order valence-electron chi connectivity index (χ1n) is 16.4. The topological polar surface area (TPSA) is 124 Å². The fourth-order valence-electron chi connectivity index (χ4n) is 8.20. The number of aromatic nitrogens is 2. The van der Waals surface area contributed by atoms with Gasteiger partial charge in [-0.3, -0.25) is 4.90 Å². The molecule has 3 aliphatic heterocycles. The van der Waals surface area contributed by atoms with Crippen molar-refractivity contribution in [2.45, 2.75) is 62.6 Å². The van der Waals surface area contributed by atoms with Gasteiger partial charge in [0.25, 0.3) is 0 Å². The minimum atomic E-state index is -5.13. The molecular weight excluding hydrogens is 698 g/mol. The van der Waals surface area contributed by atoms with Crippen LogP contribution in [0.15, 0.2) is 18.2 Å². The predicted molar refractivity (Wildman–Crippen MR) is 180 cm³/mol. The molecule has 51 heavy (non-hydrogen) atoms. The van der Waals surface area contributed by atoms with Crippen LogP contribution in [0.4, 0.5) is 42.0 Å². The van der Waals surface area contributed by atoms with Crippen LogP contribution in [0, 0.1) is 23.0 Å². The van der Waals surface area contributed by atoms with Crippen molar-refractivity contribution >= 4 is 49.2 Å². The lowest BCUT2D eigenvalue weighted by Gasteiger charge is -2.33. The maximum atomic E-state index is 17.1. The van der Waals surface area contributed by atoms with Crippen molar-refractivity contribution in [3.8, 4) is 23.2 Å². The molecule has 0 radical (unpaired) electrons. The van der Waals surface area contributed by atoms with Crippen LogP contribution >= 0.6 is 11.3 Å². The van der Waals surface area contributed by atoms with Crippen LogP contribution in [0.3, 0.4) is 0 Å². The first-order chi connectivity index (χ1) is 24.2. The third-order valence-electron chi connectivity index (χ3n) is 10.6. The van der Waals surface area contributed by atoms with E-state index in [-0.39, 0.29) is 69.0 Å². The molecule has 3 N–H and O–H groups in total. The molecule has 3 saturated heterocycles. The van der Waals surface area contributed by atoms with E-state index in [0.29, 0.717) is 37.3 Å². The Labute approximate surface area is 292 Å². The van der Waals surface area contributed by atoms with E-state index in [1.54, 1.807) is 23.8 Å². The van der Waals surface area contributed by atoms with Gasteiger partial charge in [-0.05, 0) is 50.4 Å². The summed E-state index contributed by atoms with van der Waals surface area (Å²) < 4.78 is 97.6. The number of nitrogens with two attached hydrogens (primary N) is 1. The summed E-state index contributed by atoms with van der Waals surface area (Å²) in [6, 6.07) is 2.95. The Bertz CT molecular complexity index is 2100.